The molecule has 0 bridgehead atoms. The molecule has 1 unspecified atom stereocenters. The van der Waals surface area contributed by atoms with Gasteiger partial charge in [-0.1, -0.05) is 13.8 Å². The van der Waals surface area contributed by atoms with Gasteiger partial charge in [-0.2, -0.15) is 0 Å². The van der Waals surface area contributed by atoms with E-state index in [1.807, 2.05) is 13.8 Å². The topological polar surface area (TPSA) is 58.6 Å². The van der Waals surface area contributed by atoms with Crippen molar-refractivity contribution in [1.82, 2.24) is 5.32 Å². The number of ether oxygens (including phenoxy) is 1. The Kier molecular flexibility index (Phi) is 3.23. The SMILES string of the molecule is COc1ccc(N2C(=O)NC(C(C)C)C2=O)cc1. The minimum absolute atomic E-state index is 0.0738. The number of nitrogens with zero attached hydrogens (tertiary/aromatic N) is 1. The van der Waals surface area contributed by atoms with Crippen LogP contribution < -0.4 is 15.0 Å². The second-order valence-corrected chi connectivity index (χ2v) is 4.54. The highest BCUT2D eigenvalue weighted by molar-refractivity contribution is 6.21. The molecule has 1 N–H and O–H groups in total. The quantitative estimate of drug-likeness (QED) is 0.829. The van der Waals surface area contributed by atoms with E-state index in [9.17, 15) is 9.59 Å². The lowest BCUT2D eigenvalue weighted by Gasteiger charge is -2.14. The lowest BCUT2D eigenvalue weighted by Crippen LogP contribution is -2.34. The number of hydrogen-bond donors (Lipinski definition) is 1. The molecule has 3 amide bonds. The Morgan fingerprint density at radius 3 is 2.28 bits per heavy atom. The number of benzene rings is 1. The van der Waals surface area contributed by atoms with Crippen LogP contribution >= 0.6 is 0 Å². The van der Waals surface area contributed by atoms with Gasteiger partial charge in [0.05, 0.1) is 12.8 Å². The largest absolute Gasteiger partial charge is 0.497 e. The third-order valence-electron chi connectivity index (χ3n) is 2.97. The molecule has 1 fully saturated rings. The van der Waals surface area contributed by atoms with Crippen LogP contribution in [-0.2, 0) is 4.79 Å². The lowest BCUT2D eigenvalue weighted by atomic mass is 10.0. The Labute approximate surface area is 106 Å². The van der Waals surface area contributed by atoms with E-state index in [2.05, 4.69) is 5.32 Å². The smallest absolute Gasteiger partial charge is 0.329 e. The van der Waals surface area contributed by atoms with Crippen molar-refractivity contribution in [3.05, 3.63) is 24.3 Å². The third-order valence-corrected chi connectivity index (χ3v) is 2.97. The van der Waals surface area contributed by atoms with Crippen LogP contribution in [0.4, 0.5) is 10.5 Å². The van der Waals surface area contributed by atoms with Crippen molar-refractivity contribution in [3.63, 3.8) is 0 Å². The van der Waals surface area contributed by atoms with E-state index in [1.54, 1.807) is 31.4 Å². The zero-order chi connectivity index (χ0) is 13.3. The predicted molar refractivity (Wildman–Crippen MR) is 67.6 cm³/mol. The molecule has 5 nitrogen and oxygen atoms in total. The van der Waals surface area contributed by atoms with E-state index >= 15 is 0 Å². The summed E-state index contributed by atoms with van der Waals surface area (Å²) in [6.07, 6.45) is 0. The highest BCUT2D eigenvalue weighted by atomic mass is 16.5. The van der Waals surface area contributed by atoms with E-state index in [-0.39, 0.29) is 17.9 Å². The van der Waals surface area contributed by atoms with E-state index in [1.165, 1.54) is 4.90 Å². The predicted octanol–water partition coefficient (Wildman–Crippen LogP) is 1.78. The monoisotopic (exact) mass is 248 g/mol. The normalized spacial score (nSPS) is 19.3. The highest BCUT2D eigenvalue weighted by Gasteiger charge is 2.40. The first kappa shape index (κ1) is 12.4. The van der Waals surface area contributed by atoms with E-state index in [4.69, 9.17) is 4.74 Å². The number of imide groups is 1. The average molecular weight is 248 g/mol. The summed E-state index contributed by atoms with van der Waals surface area (Å²) in [6, 6.07) is 6.01. The zero-order valence-electron chi connectivity index (χ0n) is 10.6. The summed E-state index contributed by atoms with van der Waals surface area (Å²) in [4.78, 5) is 25.1. The molecule has 0 aliphatic carbocycles. The third kappa shape index (κ3) is 2.03. The van der Waals surface area contributed by atoms with Gasteiger partial charge in [0.25, 0.3) is 5.91 Å². The van der Waals surface area contributed by atoms with Crippen molar-refractivity contribution in [2.45, 2.75) is 19.9 Å². The lowest BCUT2D eigenvalue weighted by molar-refractivity contribution is -0.119. The van der Waals surface area contributed by atoms with Crippen LogP contribution in [0.2, 0.25) is 0 Å². The summed E-state index contributed by atoms with van der Waals surface area (Å²) in [5.41, 5.74) is 0.557. The Bertz CT molecular complexity index is 468. The Balaban J connectivity index is 2.27. The van der Waals surface area contributed by atoms with Gasteiger partial charge in [-0.3, -0.25) is 4.79 Å². The van der Waals surface area contributed by atoms with Gasteiger partial charge in [-0.15, -0.1) is 0 Å². The summed E-state index contributed by atoms with van der Waals surface area (Å²) >= 11 is 0. The second-order valence-electron chi connectivity index (χ2n) is 4.54. The van der Waals surface area contributed by atoms with Gasteiger partial charge in [0.15, 0.2) is 0 Å². The van der Waals surface area contributed by atoms with Crippen LogP contribution in [0.15, 0.2) is 24.3 Å². The van der Waals surface area contributed by atoms with Crippen LogP contribution in [0.3, 0.4) is 0 Å². The maximum absolute atomic E-state index is 12.1. The van der Waals surface area contributed by atoms with Gasteiger partial charge in [-0.25, -0.2) is 9.69 Å². The van der Waals surface area contributed by atoms with Crippen molar-refractivity contribution in [1.29, 1.82) is 0 Å². The molecular weight excluding hydrogens is 232 g/mol. The second kappa shape index (κ2) is 4.68. The number of hydrogen-bond acceptors (Lipinski definition) is 3. The summed E-state index contributed by atoms with van der Waals surface area (Å²) in [5.74, 6) is 0.552. The van der Waals surface area contributed by atoms with Gasteiger partial charge in [0.2, 0.25) is 0 Å². The van der Waals surface area contributed by atoms with Crippen molar-refractivity contribution in [2.24, 2.45) is 5.92 Å². The van der Waals surface area contributed by atoms with Crippen LogP contribution in [-0.4, -0.2) is 25.1 Å². The highest BCUT2D eigenvalue weighted by Crippen LogP contribution is 2.24. The number of carbonyl (C=O) groups is 2. The molecule has 0 saturated carbocycles. The Morgan fingerprint density at radius 1 is 1.22 bits per heavy atom. The van der Waals surface area contributed by atoms with Crippen LogP contribution in [0, 0.1) is 5.92 Å². The summed E-state index contributed by atoms with van der Waals surface area (Å²) in [5, 5.41) is 2.69. The minimum atomic E-state index is -0.445. The molecule has 1 aliphatic heterocycles. The molecule has 1 aromatic carbocycles. The molecule has 1 aliphatic rings. The summed E-state index contributed by atoms with van der Waals surface area (Å²) < 4.78 is 5.04. The average Bonchev–Trinajstić information content (AvgIpc) is 2.65. The maximum Gasteiger partial charge on any atom is 0.329 e. The Morgan fingerprint density at radius 2 is 1.83 bits per heavy atom. The fraction of sp³-hybridized carbons (Fsp3) is 0.385. The van der Waals surface area contributed by atoms with Crippen LogP contribution in [0.1, 0.15) is 13.8 Å². The van der Waals surface area contributed by atoms with Crippen molar-refractivity contribution < 1.29 is 14.3 Å². The van der Waals surface area contributed by atoms with Crippen LogP contribution in [0.25, 0.3) is 0 Å². The van der Waals surface area contributed by atoms with Gasteiger partial charge >= 0.3 is 6.03 Å². The van der Waals surface area contributed by atoms with Gasteiger partial charge in [-0.05, 0) is 30.2 Å². The van der Waals surface area contributed by atoms with Crippen LogP contribution in [0.5, 0.6) is 5.75 Å². The fourth-order valence-corrected chi connectivity index (χ4v) is 1.93. The molecular formula is C13H16N2O3. The molecule has 1 saturated heterocycles. The summed E-state index contributed by atoms with van der Waals surface area (Å²) in [6.45, 7) is 3.81. The van der Waals surface area contributed by atoms with E-state index in [0.717, 1.165) is 0 Å². The first-order valence-electron chi connectivity index (χ1n) is 5.83. The van der Waals surface area contributed by atoms with E-state index < -0.39 is 6.04 Å². The molecule has 1 heterocycles. The van der Waals surface area contributed by atoms with Crippen molar-refractivity contribution in [2.75, 3.05) is 12.0 Å². The van der Waals surface area contributed by atoms with Crippen molar-refractivity contribution >= 4 is 17.6 Å². The van der Waals surface area contributed by atoms with Gasteiger partial charge in [0, 0.05) is 0 Å². The number of amides is 3. The fourth-order valence-electron chi connectivity index (χ4n) is 1.93. The molecule has 2 rings (SSSR count). The summed E-state index contributed by atoms with van der Waals surface area (Å²) in [7, 11) is 1.57. The van der Waals surface area contributed by atoms with Gasteiger partial charge < -0.3 is 10.1 Å². The molecule has 1 aromatic rings. The minimum Gasteiger partial charge on any atom is -0.497 e. The number of nitrogens with one attached hydrogen (secondary N) is 1. The molecule has 1 atom stereocenters. The zero-order valence-corrected chi connectivity index (χ0v) is 10.6. The standard InChI is InChI=1S/C13H16N2O3/c1-8(2)11-12(16)15(13(17)14-11)9-4-6-10(18-3)7-5-9/h4-8,11H,1-3H3,(H,14,17). The molecule has 0 radical (unpaired) electrons. The number of urea groups is 1. The number of methoxy groups -OCH3 is 1. The number of carbonyl (C=O) groups excluding carboxylic acids is 2. The number of anilines is 1. The molecule has 18 heavy (non-hydrogen) atoms. The molecule has 5 heteroatoms. The van der Waals surface area contributed by atoms with E-state index in [0.29, 0.717) is 11.4 Å². The Hall–Kier alpha value is -2.04. The van der Waals surface area contributed by atoms with Crippen molar-refractivity contribution in [3.8, 4) is 5.75 Å². The molecule has 0 aromatic heterocycles. The first-order valence-corrected chi connectivity index (χ1v) is 5.83. The first-order chi connectivity index (χ1) is 8.54. The molecule has 96 valence electrons. The molecule has 0 spiro atoms. The maximum atomic E-state index is 12.1. The number of rotatable bonds is 3. The van der Waals surface area contributed by atoms with Gasteiger partial charge in [0.1, 0.15) is 11.8 Å².